The normalized spacial score (nSPS) is 15.1. The van der Waals surface area contributed by atoms with Crippen LogP contribution >= 0.6 is 22.9 Å². The minimum Gasteiger partial charge on any atom is -0.338 e. The summed E-state index contributed by atoms with van der Waals surface area (Å²) in [5.74, 6) is -0.964. The van der Waals surface area contributed by atoms with E-state index in [0.29, 0.717) is 18.8 Å². The third kappa shape index (κ3) is 4.12. The first-order valence-electron chi connectivity index (χ1n) is 10.1. The van der Waals surface area contributed by atoms with Crippen molar-refractivity contribution in [2.75, 3.05) is 13.1 Å². The van der Waals surface area contributed by atoms with Crippen molar-refractivity contribution in [1.82, 2.24) is 9.47 Å². The molecule has 0 N–H and O–H groups in total. The molecular weight excluding hydrogens is 449 g/mol. The Hall–Kier alpha value is -3.21. The van der Waals surface area contributed by atoms with Crippen molar-refractivity contribution in [3.05, 3.63) is 84.0 Å². The van der Waals surface area contributed by atoms with Gasteiger partial charge in [0.25, 0.3) is 11.5 Å². The summed E-state index contributed by atoms with van der Waals surface area (Å²) >= 11 is 7.13. The second kappa shape index (κ2) is 9.11. The number of carbonyl (C=O) groups is 1. The Morgan fingerprint density at radius 3 is 2.50 bits per heavy atom. The number of hydrogen-bond donors (Lipinski definition) is 0. The fourth-order valence-electron chi connectivity index (χ4n) is 3.62. The van der Waals surface area contributed by atoms with Gasteiger partial charge in [0.05, 0.1) is 15.2 Å². The summed E-state index contributed by atoms with van der Waals surface area (Å²) in [5.41, 5.74) is 1.05. The number of nitriles is 1. The largest absolute Gasteiger partial charge is 0.338 e. The molecule has 1 fully saturated rings. The maximum absolute atomic E-state index is 14.4. The highest BCUT2D eigenvalue weighted by atomic mass is 35.5. The van der Waals surface area contributed by atoms with Gasteiger partial charge in [0.15, 0.2) is 5.57 Å². The number of rotatable bonds is 3. The van der Waals surface area contributed by atoms with Crippen molar-refractivity contribution < 1.29 is 9.18 Å². The summed E-state index contributed by atoms with van der Waals surface area (Å²) in [6.45, 7) is 3.08. The smallest absolute Gasteiger partial charge is 0.273 e. The third-order valence-corrected chi connectivity index (χ3v) is 6.75. The third-order valence-electron chi connectivity index (χ3n) is 5.32. The predicted octanol–water partition coefficient (Wildman–Crippen LogP) is 3.13. The molecule has 1 aromatic heterocycles. The Bertz CT molecular complexity index is 1390. The van der Waals surface area contributed by atoms with Gasteiger partial charge in [0.1, 0.15) is 16.5 Å². The fourth-order valence-corrected chi connectivity index (χ4v) is 4.92. The van der Waals surface area contributed by atoms with Crippen molar-refractivity contribution in [3.63, 3.8) is 0 Å². The van der Waals surface area contributed by atoms with E-state index < -0.39 is 17.3 Å². The average molecular weight is 468 g/mol. The molecular formula is C24H19ClFN3O2S. The van der Waals surface area contributed by atoms with E-state index in [4.69, 9.17) is 11.6 Å². The molecule has 2 heterocycles. The zero-order valence-electron chi connectivity index (χ0n) is 17.3. The first kappa shape index (κ1) is 22.0. The minimum absolute atomic E-state index is 0.0829. The Labute approximate surface area is 192 Å². The topological polar surface area (TPSA) is 66.1 Å². The molecule has 8 heteroatoms. The first-order chi connectivity index (χ1) is 15.4. The summed E-state index contributed by atoms with van der Waals surface area (Å²) in [7, 11) is 0. The van der Waals surface area contributed by atoms with Crippen molar-refractivity contribution in [3.8, 4) is 11.8 Å². The van der Waals surface area contributed by atoms with Crippen LogP contribution in [0.2, 0.25) is 5.02 Å². The van der Waals surface area contributed by atoms with Gasteiger partial charge in [-0.05, 0) is 50.1 Å². The van der Waals surface area contributed by atoms with Gasteiger partial charge in [-0.1, -0.05) is 35.4 Å². The predicted molar refractivity (Wildman–Crippen MR) is 124 cm³/mol. The van der Waals surface area contributed by atoms with Crippen molar-refractivity contribution in [2.45, 2.75) is 19.8 Å². The molecule has 0 aliphatic carbocycles. The van der Waals surface area contributed by atoms with Crippen molar-refractivity contribution >= 4 is 40.5 Å². The number of thiazole rings is 1. The van der Waals surface area contributed by atoms with E-state index in [0.717, 1.165) is 29.7 Å². The van der Waals surface area contributed by atoms with E-state index in [1.165, 1.54) is 28.8 Å². The number of carbonyl (C=O) groups excluding carboxylic acids is 1. The van der Waals surface area contributed by atoms with Crippen LogP contribution in [0.15, 0.2) is 47.3 Å². The lowest BCUT2D eigenvalue weighted by atomic mass is 10.2. The SMILES string of the molecule is Cc1ccc(-n2c(=O)/c(=C\c3c(F)cccc3Cl)s/c2=C(/C#N)C(=O)N2CCCC2)cc1. The van der Waals surface area contributed by atoms with E-state index in [1.807, 2.05) is 25.1 Å². The summed E-state index contributed by atoms with van der Waals surface area (Å²) in [6, 6.07) is 13.5. The molecule has 0 radical (unpaired) electrons. The monoisotopic (exact) mass is 467 g/mol. The highest BCUT2D eigenvalue weighted by Crippen LogP contribution is 2.19. The Morgan fingerprint density at radius 1 is 1.19 bits per heavy atom. The Balaban J connectivity index is 2.05. The molecule has 1 saturated heterocycles. The van der Waals surface area contributed by atoms with E-state index in [1.54, 1.807) is 17.0 Å². The number of aromatic nitrogens is 1. The molecule has 1 aliphatic heterocycles. The van der Waals surface area contributed by atoms with Crippen molar-refractivity contribution in [1.29, 1.82) is 5.26 Å². The zero-order chi connectivity index (χ0) is 22.8. The number of aryl methyl sites for hydroxylation is 1. The standard InChI is InChI=1S/C24H19ClFN3O2S/c1-15-7-9-16(10-8-15)29-23(31)21(13-17-19(25)5-4-6-20(17)26)32-24(29)18(14-27)22(30)28-11-2-3-12-28/h4-10,13H,2-3,11-12H2,1H3/b21-13+,24-18-. The second-order valence-corrected chi connectivity index (χ2v) is 8.95. The van der Waals surface area contributed by atoms with Gasteiger partial charge in [0, 0.05) is 18.7 Å². The van der Waals surface area contributed by atoms with Gasteiger partial charge in [-0.15, -0.1) is 11.3 Å². The molecule has 1 amide bonds. The quantitative estimate of drug-likeness (QED) is 0.594. The van der Waals surface area contributed by atoms with Gasteiger partial charge in [-0.25, -0.2) is 4.39 Å². The van der Waals surface area contributed by atoms with Crippen LogP contribution in [0.4, 0.5) is 4.39 Å². The molecule has 32 heavy (non-hydrogen) atoms. The number of amides is 1. The molecule has 162 valence electrons. The van der Waals surface area contributed by atoms with E-state index in [9.17, 15) is 19.2 Å². The summed E-state index contributed by atoms with van der Waals surface area (Å²) in [5, 5.41) is 10.0. The number of hydrogen-bond acceptors (Lipinski definition) is 4. The van der Waals surface area contributed by atoms with Crippen LogP contribution in [-0.2, 0) is 4.79 Å². The summed E-state index contributed by atoms with van der Waals surface area (Å²) in [6.07, 6.45) is 3.13. The Morgan fingerprint density at radius 2 is 1.88 bits per heavy atom. The highest BCUT2D eigenvalue weighted by Gasteiger charge is 2.24. The number of halogens is 2. The van der Waals surface area contributed by atoms with Crippen LogP contribution in [0.3, 0.4) is 0 Å². The van der Waals surface area contributed by atoms with Crippen molar-refractivity contribution in [2.24, 2.45) is 0 Å². The van der Waals surface area contributed by atoms with Gasteiger partial charge < -0.3 is 4.90 Å². The lowest BCUT2D eigenvalue weighted by Crippen LogP contribution is -2.35. The van der Waals surface area contributed by atoms with E-state index in [-0.39, 0.29) is 25.4 Å². The maximum Gasteiger partial charge on any atom is 0.273 e. The van der Waals surface area contributed by atoms with Crippen LogP contribution in [0.1, 0.15) is 24.0 Å². The van der Waals surface area contributed by atoms with Crippen LogP contribution in [-0.4, -0.2) is 28.5 Å². The molecule has 0 unspecified atom stereocenters. The molecule has 5 nitrogen and oxygen atoms in total. The van der Waals surface area contributed by atoms with Gasteiger partial charge in [-0.3, -0.25) is 14.2 Å². The lowest BCUT2D eigenvalue weighted by Gasteiger charge is -2.14. The van der Waals surface area contributed by atoms with Crippen LogP contribution in [0.25, 0.3) is 17.3 Å². The van der Waals surface area contributed by atoms with Crippen LogP contribution in [0, 0.1) is 24.1 Å². The molecule has 0 bridgehead atoms. The molecule has 4 rings (SSSR count). The fraction of sp³-hybridized carbons (Fsp3) is 0.208. The van der Waals surface area contributed by atoms with Gasteiger partial charge >= 0.3 is 0 Å². The highest BCUT2D eigenvalue weighted by molar-refractivity contribution is 7.07. The molecule has 0 spiro atoms. The van der Waals surface area contributed by atoms with Gasteiger partial charge in [0.2, 0.25) is 0 Å². The second-order valence-electron chi connectivity index (χ2n) is 7.51. The van der Waals surface area contributed by atoms with E-state index in [2.05, 4.69) is 0 Å². The van der Waals surface area contributed by atoms with Crippen LogP contribution in [0.5, 0.6) is 0 Å². The maximum atomic E-state index is 14.4. The summed E-state index contributed by atoms with van der Waals surface area (Å²) in [4.78, 5) is 28.1. The zero-order valence-corrected chi connectivity index (χ0v) is 18.8. The number of nitrogens with zero attached hydrogens (tertiary/aromatic N) is 3. The molecule has 1 aliphatic rings. The minimum atomic E-state index is -0.564. The number of benzene rings is 2. The lowest BCUT2D eigenvalue weighted by molar-refractivity contribution is -0.123. The average Bonchev–Trinajstić information content (AvgIpc) is 3.41. The van der Waals surface area contributed by atoms with Crippen LogP contribution < -0.4 is 14.8 Å². The molecule has 0 atom stereocenters. The Kier molecular flexibility index (Phi) is 6.26. The molecule has 0 saturated carbocycles. The van der Waals surface area contributed by atoms with E-state index >= 15 is 0 Å². The van der Waals surface area contributed by atoms with Gasteiger partial charge in [-0.2, -0.15) is 5.26 Å². The number of likely N-dealkylation sites (tertiary alicyclic amines) is 1. The first-order valence-corrected chi connectivity index (χ1v) is 11.3. The summed E-state index contributed by atoms with van der Waals surface area (Å²) < 4.78 is 16.1. The molecule has 3 aromatic rings. The molecule has 2 aromatic carbocycles.